The summed E-state index contributed by atoms with van der Waals surface area (Å²) in [5.74, 6) is -3.81. The van der Waals surface area contributed by atoms with E-state index < -0.39 is 44.3 Å². The fraction of sp³-hybridized carbons (Fsp3) is 0.222. The summed E-state index contributed by atoms with van der Waals surface area (Å²) < 4.78 is 76.8. The van der Waals surface area contributed by atoms with Gasteiger partial charge in [-0.05, 0) is 53.3 Å². The second-order valence-corrected chi connectivity index (χ2v) is 9.80. The first-order chi connectivity index (χ1) is 13.7. The van der Waals surface area contributed by atoms with Gasteiger partial charge < -0.3 is 14.8 Å². The van der Waals surface area contributed by atoms with E-state index in [2.05, 4.69) is 10.0 Å². The topological polar surface area (TPSA) is 91.6 Å². The lowest BCUT2D eigenvalue weighted by molar-refractivity contribution is 0.277. The predicted octanol–water partition coefficient (Wildman–Crippen LogP) is 4.32. The van der Waals surface area contributed by atoms with Gasteiger partial charge in [-0.2, -0.15) is 0 Å². The third-order valence-electron chi connectivity index (χ3n) is 4.72. The highest BCUT2D eigenvalue weighted by molar-refractivity contribution is 14.1. The van der Waals surface area contributed by atoms with E-state index in [1.54, 1.807) is 6.07 Å². The zero-order valence-corrected chi connectivity index (χ0v) is 17.5. The normalized spacial score (nSPS) is 18.8. The largest absolute Gasteiger partial charge is 0.462 e. The lowest BCUT2D eigenvalue weighted by Crippen LogP contribution is -2.21. The summed E-state index contributed by atoms with van der Waals surface area (Å²) in [5.41, 5.74) is -1.38. The van der Waals surface area contributed by atoms with Gasteiger partial charge in [-0.15, -0.1) is 0 Å². The molecule has 2 atom stereocenters. The predicted molar refractivity (Wildman–Crippen MR) is 110 cm³/mol. The molecule has 1 aliphatic rings. The number of halogens is 4. The van der Waals surface area contributed by atoms with Crippen molar-refractivity contribution in [3.05, 3.63) is 51.6 Å². The molecular formula is C18H14F3IN2O4S. The van der Waals surface area contributed by atoms with Crippen LogP contribution in [-0.4, -0.2) is 25.4 Å². The molecule has 1 aliphatic carbocycles. The Morgan fingerprint density at radius 1 is 1.17 bits per heavy atom. The summed E-state index contributed by atoms with van der Waals surface area (Å²) in [7, 11) is -4.03. The minimum Gasteiger partial charge on any atom is -0.462 e. The van der Waals surface area contributed by atoms with Gasteiger partial charge in [-0.3, -0.25) is 4.72 Å². The van der Waals surface area contributed by atoms with Crippen molar-refractivity contribution in [3.8, 4) is 0 Å². The second-order valence-electron chi connectivity index (χ2n) is 6.65. The van der Waals surface area contributed by atoms with Crippen LogP contribution >= 0.6 is 22.6 Å². The van der Waals surface area contributed by atoms with Crippen LogP contribution in [-0.2, 0) is 10.0 Å². The number of anilines is 3. The highest BCUT2D eigenvalue weighted by atomic mass is 127. The van der Waals surface area contributed by atoms with Gasteiger partial charge in [0.05, 0.1) is 22.6 Å². The molecule has 2 aromatic carbocycles. The van der Waals surface area contributed by atoms with Crippen LogP contribution in [0.5, 0.6) is 0 Å². The van der Waals surface area contributed by atoms with Crippen molar-refractivity contribution in [2.24, 2.45) is 5.92 Å². The number of furan rings is 1. The molecule has 1 aromatic heterocycles. The van der Waals surface area contributed by atoms with E-state index >= 15 is 0 Å². The fourth-order valence-corrected chi connectivity index (χ4v) is 5.25. The summed E-state index contributed by atoms with van der Waals surface area (Å²) >= 11 is 1.89. The Morgan fingerprint density at radius 2 is 1.93 bits per heavy atom. The molecule has 0 spiro atoms. The number of benzene rings is 2. The minimum atomic E-state index is -4.03. The SMILES string of the molecule is O=S(=O)(Nc1c(Nc2ccc(I)cc2F)c(F)c(F)c2ccoc12)C1CC1CO. The standard InChI is InChI=1S/C18H14F3IN2O4S/c19-11-6-9(22)1-2-12(11)23-16-15(21)14(20)10-3-4-28-18(10)17(16)24-29(26,27)13-5-8(13)7-25/h1-4,6,8,13,23-25H,5,7H2. The Kier molecular flexibility index (Phi) is 5.15. The molecule has 2 unspecified atom stereocenters. The number of sulfonamides is 1. The summed E-state index contributed by atoms with van der Waals surface area (Å²) in [6.07, 6.45) is 1.33. The number of aliphatic hydroxyl groups excluding tert-OH is 1. The molecule has 0 radical (unpaired) electrons. The van der Waals surface area contributed by atoms with Crippen LogP contribution in [0.1, 0.15) is 6.42 Å². The van der Waals surface area contributed by atoms with Crippen molar-refractivity contribution in [2.45, 2.75) is 11.7 Å². The van der Waals surface area contributed by atoms with E-state index in [1.807, 2.05) is 22.6 Å². The van der Waals surface area contributed by atoms with Crippen molar-refractivity contribution < 1.29 is 31.1 Å². The summed E-state index contributed by atoms with van der Waals surface area (Å²) in [6, 6.07) is 5.21. The molecule has 0 aliphatic heterocycles. The molecule has 3 N–H and O–H groups in total. The first kappa shape index (κ1) is 20.3. The third kappa shape index (κ3) is 3.66. The lowest BCUT2D eigenvalue weighted by Gasteiger charge is -2.17. The van der Waals surface area contributed by atoms with Gasteiger partial charge in [-0.1, -0.05) is 0 Å². The van der Waals surface area contributed by atoms with E-state index in [9.17, 15) is 21.6 Å². The van der Waals surface area contributed by atoms with Crippen molar-refractivity contribution in [1.82, 2.24) is 0 Å². The Balaban J connectivity index is 1.84. The Hall–Kier alpha value is -1.99. The van der Waals surface area contributed by atoms with Crippen LogP contribution in [0.25, 0.3) is 11.0 Å². The zero-order chi connectivity index (χ0) is 20.9. The van der Waals surface area contributed by atoms with Crippen molar-refractivity contribution in [2.75, 3.05) is 16.6 Å². The number of aliphatic hydroxyl groups is 1. The van der Waals surface area contributed by atoms with Gasteiger partial charge in [0.2, 0.25) is 10.0 Å². The average Bonchev–Trinajstić information content (AvgIpc) is 3.33. The molecule has 0 amide bonds. The number of nitrogens with one attached hydrogen (secondary N) is 2. The number of fused-ring (bicyclic) bond motifs is 1. The maximum atomic E-state index is 14.8. The van der Waals surface area contributed by atoms with Gasteiger partial charge in [0.1, 0.15) is 17.2 Å². The Morgan fingerprint density at radius 3 is 2.59 bits per heavy atom. The van der Waals surface area contributed by atoms with E-state index in [1.165, 1.54) is 12.1 Å². The molecule has 6 nitrogen and oxygen atoms in total. The zero-order valence-electron chi connectivity index (χ0n) is 14.5. The Bertz CT molecular complexity index is 1220. The maximum Gasteiger partial charge on any atom is 0.236 e. The molecule has 11 heteroatoms. The molecule has 1 saturated carbocycles. The second kappa shape index (κ2) is 7.36. The summed E-state index contributed by atoms with van der Waals surface area (Å²) in [5, 5.41) is 10.5. The molecule has 29 heavy (non-hydrogen) atoms. The molecule has 154 valence electrons. The summed E-state index contributed by atoms with van der Waals surface area (Å²) in [4.78, 5) is 0. The van der Waals surface area contributed by atoms with Gasteiger partial charge in [-0.25, -0.2) is 21.6 Å². The smallest absolute Gasteiger partial charge is 0.236 e. The molecule has 0 bridgehead atoms. The van der Waals surface area contributed by atoms with E-state index in [0.29, 0.717) is 3.57 Å². The van der Waals surface area contributed by atoms with Crippen LogP contribution in [0, 0.1) is 26.9 Å². The van der Waals surface area contributed by atoms with Crippen molar-refractivity contribution in [3.63, 3.8) is 0 Å². The van der Waals surface area contributed by atoms with Crippen LogP contribution < -0.4 is 10.0 Å². The van der Waals surface area contributed by atoms with E-state index in [0.717, 1.165) is 12.3 Å². The molecule has 3 aromatic rings. The average molecular weight is 538 g/mol. The molecular weight excluding hydrogens is 524 g/mol. The van der Waals surface area contributed by atoms with E-state index in [-0.39, 0.29) is 35.4 Å². The van der Waals surface area contributed by atoms with Crippen LogP contribution in [0.3, 0.4) is 0 Å². The van der Waals surface area contributed by atoms with Gasteiger partial charge in [0.25, 0.3) is 0 Å². The molecule has 1 heterocycles. The summed E-state index contributed by atoms with van der Waals surface area (Å²) in [6.45, 7) is -0.307. The monoisotopic (exact) mass is 538 g/mol. The highest BCUT2D eigenvalue weighted by Gasteiger charge is 2.47. The third-order valence-corrected chi connectivity index (χ3v) is 7.25. The van der Waals surface area contributed by atoms with E-state index in [4.69, 9.17) is 9.52 Å². The van der Waals surface area contributed by atoms with Crippen molar-refractivity contribution in [1.29, 1.82) is 0 Å². The van der Waals surface area contributed by atoms with Gasteiger partial charge in [0.15, 0.2) is 17.2 Å². The highest BCUT2D eigenvalue weighted by Crippen LogP contribution is 2.43. The maximum absolute atomic E-state index is 14.8. The van der Waals surface area contributed by atoms with Crippen LogP contribution in [0.2, 0.25) is 0 Å². The lowest BCUT2D eigenvalue weighted by atomic mass is 10.1. The molecule has 0 saturated heterocycles. The molecule has 4 rings (SSSR count). The van der Waals surface area contributed by atoms with Gasteiger partial charge >= 0.3 is 0 Å². The number of hydrogen-bond donors (Lipinski definition) is 3. The number of hydrogen-bond acceptors (Lipinski definition) is 5. The van der Waals surface area contributed by atoms with Crippen LogP contribution in [0.4, 0.5) is 30.2 Å². The van der Waals surface area contributed by atoms with Crippen LogP contribution in [0.15, 0.2) is 34.9 Å². The first-order valence-corrected chi connectivity index (χ1v) is 11.1. The fourth-order valence-electron chi connectivity index (χ4n) is 3.08. The molecule has 1 fully saturated rings. The quantitative estimate of drug-likeness (QED) is 0.407. The minimum absolute atomic E-state index is 0.172. The van der Waals surface area contributed by atoms with Gasteiger partial charge in [0, 0.05) is 16.1 Å². The van der Waals surface area contributed by atoms with Crippen molar-refractivity contribution >= 4 is 60.6 Å². The first-order valence-electron chi connectivity index (χ1n) is 8.45. The number of rotatable bonds is 6. The Labute approximate surface area is 177 Å².